The summed E-state index contributed by atoms with van der Waals surface area (Å²) >= 11 is 5.70. The minimum atomic E-state index is -0.927. The number of aliphatic hydroxyl groups is 1. The Kier molecular flexibility index (Phi) is 3.26. The summed E-state index contributed by atoms with van der Waals surface area (Å²) in [7, 11) is 0. The van der Waals surface area contributed by atoms with Gasteiger partial charge < -0.3 is 9.90 Å². The summed E-state index contributed by atoms with van der Waals surface area (Å²) < 4.78 is 0. The Hall–Kier alpha value is -0.860. The van der Waals surface area contributed by atoms with Gasteiger partial charge >= 0.3 is 0 Å². The Morgan fingerprint density at radius 2 is 2.33 bits per heavy atom. The van der Waals surface area contributed by atoms with E-state index in [0.29, 0.717) is 17.7 Å². The molecule has 0 bridgehead atoms. The molecule has 0 spiro atoms. The molecule has 1 aromatic carbocycles. The van der Waals surface area contributed by atoms with Gasteiger partial charge in [-0.1, -0.05) is 23.7 Å². The lowest BCUT2D eigenvalue weighted by atomic mass is 10.1. The monoisotopic (exact) mass is 184 g/mol. The van der Waals surface area contributed by atoms with Gasteiger partial charge in [0.05, 0.1) is 0 Å². The number of carbonyl (C=O) groups is 1. The summed E-state index contributed by atoms with van der Waals surface area (Å²) in [6.45, 7) is 0. The van der Waals surface area contributed by atoms with Crippen LogP contribution in [0.25, 0.3) is 0 Å². The minimum absolute atomic E-state index is 0.323. The van der Waals surface area contributed by atoms with Crippen molar-refractivity contribution in [1.29, 1.82) is 0 Å². The second kappa shape index (κ2) is 4.24. The molecule has 0 aliphatic heterocycles. The van der Waals surface area contributed by atoms with Crippen LogP contribution >= 0.6 is 11.6 Å². The molecule has 0 radical (unpaired) electrons. The molecule has 2 nitrogen and oxygen atoms in total. The molecule has 0 amide bonds. The zero-order valence-electron chi connectivity index (χ0n) is 6.40. The lowest BCUT2D eigenvalue weighted by molar-refractivity contribution is -0.114. The Labute approximate surface area is 75.8 Å². The molecule has 64 valence electrons. The SMILES string of the molecule is O=CC(O)Cc1cccc(Cl)c1. The second-order valence-electron chi connectivity index (χ2n) is 2.54. The predicted molar refractivity (Wildman–Crippen MR) is 47.2 cm³/mol. The van der Waals surface area contributed by atoms with E-state index in [1.165, 1.54) is 0 Å². The first-order valence-electron chi connectivity index (χ1n) is 3.60. The van der Waals surface area contributed by atoms with Gasteiger partial charge in [-0.2, -0.15) is 0 Å². The third-order valence-electron chi connectivity index (χ3n) is 1.49. The number of halogens is 1. The summed E-state index contributed by atoms with van der Waals surface area (Å²) in [5, 5.41) is 9.61. The van der Waals surface area contributed by atoms with Crippen molar-refractivity contribution in [3.05, 3.63) is 34.9 Å². The first-order valence-corrected chi connectivity index (χ1v) is 3.98. The number of aliphatic hydroxyl groups excluding tert-OH is 1. The molecule has 1 N–H and O–H groups in total. The van der Waals surface area contributed by atoms with Crippen LogP contribution in [-0.4, -0.2) is 17.5 Å². The summed E-state index contributed by atoms with van der Waals surface area (Å²) in [6, 6.07) is 7.08. The summed E-state index contributed by atoms with van der Waals surface area (Å²) in [5.41, 5.74) is 0.863. The van der Waals surface area contributed by atoms with Crippen LogP contribution in [0.3, 0.4) is 0 Å². The number of aldehydes is 1. The van der Waals surface area contributed by atoms with Crippen molar-refractivity contribution in [2.24, 2.45) is 0 Å². The molecule has 0 saturated heterocycles. The standard InChI is InChI=1S/C9H9ClO2/c10-8-3-1-2-7(4-8)5-9(12)6-11/h1-4,6,9,12H,5H2. The van der Waals surface area contributed by atoms with E-state index >= 15 is 0 Å². The maximum Gasteiger partial charge on any atom is 0.148 e. The van der Waals surface area contributed by atoms with E-state index in [9.17, 15) is 4.79 Å². The van der Waals surface area contributed by atoms with Crippen molar-refractivity contribution < 1.29 is 9.90 Å². The Morgan fingerprint density at radius 1 is 1.58 bits per heavy atom. The van der Waals surface area contributed by atoms with Gasteiger partial charge in [-0.3, -0.25) is 0 Å². The van der Waals surface area contributed by atoms with Crippen LogP contribution in [0.4, 0.5) is 0 Å². The van der Waals surface area contributed by atoms with Crippen LogP contribution < -0.4 is 0 Å². The van der Waals surface area contributed by atoms with Gasteiger partial charge in [-0.25, -0.2) is 0 Å². The number of hydrogen-bond donors (Lipinski definition) is 1. The molecule has 0 saturated carbocycles. The van der Waals surface area contributed by atoms with Crippen molar-refractivity contribution in [3.8, 4) is 0 Å². The van der Waals surface area contributed by atoms with Crippen molar-refractivity contribution in [2.75, 3.05) is 0 Å². The molecular formula is C9H9ClO2. The lowest BCUT2D eigenvalue weighted by Gasteiger charge is -2.02. The van der Waals surface area contributed by atoms with Crippen molar-refractivity contribution >= 4 is 17.9 Å². The highest BCUT2D eigenvalue weighted by Gasteiger charge is 2.02. The largest absolute Gasteiger partial charge is 0.385 e. The van der Waals surface area contributed by atoms with Gasteiger partial charge in [0, 0.05) is 11.4 Å². The summed E-state index contributed by atoms with van der Waals surface area (Å²) in [4.78, 5) is 10.1. The highest BCUT2D eigenvalue weighted by molar-refractivity contribution is 6.30. The predicted octanol–water partition coefficient (Wildman–Crippen LogP) is 1.44. The van der Waals surface area contributed by atoms with E-state index in [2.05, 4.69) is 0 Å². The molecule has 1 unspecified atom stereocenters. The molecule has 0 heterocycles. The minimum Gasteiger partial charge on any atom is -0.385 e. The topological polar surface area (TPSA) is 37.3 Å². The van der Waals surface area contributed by atoms with Crippen molar-refractivity contribution in [3.63, 3.8) is 0 Å². The molecule has 0 aliphatic carbocycles. The van der Waals surface area contributed by atoms with E-state index in [1.54, 1.807) is 18.2 Å². The molecule has 0 aromatic heterocycles. The van der Waals surface area contributed by atoms with Gasteiger partial charge in [-0.05, 0) is 17.7 Å². The van der Waals surface area contributed by atoms with Gasteiger partial charge in [0.15, 0.2) is 0 Å². The maximum absolute atomic E-state index is 10.1. The fourth-order valence-electron chi connectivity index (χ4n) is 0.954. The van der Waals surface area contributed by atoms with E-state index in [-0.39, 0.29) is 0 Å². The van der Waals surface area contributed by atoms with Gasteiger partial charge in [-0.15, -0.1) is 0 Å². The number of carbonyl (C=O) groups excluding carboxylic acids is 1. The lowest BCUT2D eigenvalue weighted by Crippen LogP contribution is -2.11. The van der Waals surface area contributed by atoms with E-state index < -0.39 is 6.10 Å². The van der Waals surface area contributed by atoms with E-state index in [0.717, 1.165) is 5.56 Å². The van der Waals surface area contributed by atoms with Crippen LogP contribution in [0.1, 0.15) is 5.56 Å². The Morgan fingerprint density at radius 3 is 2.92 bits per heavy atom. The molecule has 1 aromatic rings. The molecule has 1 rings (SSSR count). The molecule has 0 fully saturated rings. The van der Waals surface area contributed by atoms with E-state index in [4.69, 9.17) is 16.7 Å². The molecular weight excluding hydrogens is 176 g/mol. The van der Waals surface area contributed by atoms with Crippen molar-refractivity contribution in [2.45, 2.75) is 12.5 Å². The van der Waals surface area contributed by atoms with Gasteiger partial charge in [0.2, 0.25) is 0 Å². The molecule has 0 aliphatic rings. The highest BCUT2D eigenvalue weighted by atomic mass is 35.5. The third kappa shape index (κ3) is 2.64. The second-order valence-corrected chi connectivity index (χ2v) is 2.97. The average Bonchev–Trinajstić information content (AvgIpc) is 2.04. The Bertz CT molecular complexity index is 273. The third-order valence-corrected chi connectivity index (χ3v) is 1.73. The summed E-state index contributed by atoms with van der Waals surface area (Å²) in [6.07, 6.45) is -0.0891. The average molecular weight is 185 g/mol. The van der Waals surface area contributed by atoms with Gasteiger partial charge in [0.25, 0.3) is 0 Å². The Balaban J connectivity index is 2.69. The summed E-state index contributed by atoms with van der Waals surface area (Å²) in [5.74, 6) is 0. The van der Waals surface area contributed by atoms with Crippen LogP contribution in [0.5, 0.6) is 0 Å². The van der Waals surface area contributed by atoms with Crippen LogP contribution in [0.15, 0.2) is 24.3 Å². The van der Waals surface area contributed by atoms with Crippen LogP contribution in [0.2, 0.25) is 5.02 Å². The first kappa shape index (κ1) is 9.23. The van der Waals surface area contributed by atoms with Crippen LogP contribution in [-0.2, 0) is 11.2 Å². The fraction of sp³-hybridized carbons (Fsp3) is 0.222. The smallest absolute Gasteiger partial charge is 0.148 e. The van der Waals surface area contributed by atoms with Crippen molar-refractivity contribution in [1.82, 2.24) is 0 Å². The number of rotatable bonds is 3. The maximum atomic E-state index is 10.1. The fourth-order valence-corrected chi connectivity index (χ4v) is 1.17. The number of hydrogen-bond acceptors (Lipinski definition) is 2. The normalized spacial score (nSPS) is 12.5. The molecule has 12 heavy (non-hydrogen) atoms. The zero-order valence-corrected chi connectivity index (χ0v) is 7.16. The van der Waals surface area contributed by atoms with Crippen LogP contribution in [0, 0.1) is 0 Å². The van der Waals surface area contributed by atoms with Gasteiger partial charge in [0.1, 0.15) is 12.4 Å². The highest BCUT2D eigenvalue weighted by Crippen LogP contribution is 2.11. The van der Waals surface area contributed by atoms with E-state index in [1.807, 2.05) is 6.07 Å². The number of benzene rings is 1. The zero-order chi connectivity index (χ0) is 8.97. The molecule has 1 atom stereocenters. The quantitative estimate of drug-likeness (QED) is 0.722. The first-order chi connectivity index (χ1) is 5.72. The molecule has 3 heteroatoms.